The van der Waals surface area contributed by atoms with Crippen LogP contribution in [-0.4, -0.2) is 18.4 Å². The number of thiophene rings is 1. The van der Waals surface area contributed by atoms with Crippen LogP contribution in [0.15, 0.2) is 4.21 Å². The third kappa shape index (κ3) is 2.41. The van der Waals surface area contributed by atoms with Crippen molar-refractivity contribution in [1.29, 1.82) is 0 Å². The van der Waals surface area contributed by atoms with Gasteiger partial charge in [0.05, 0.1) is 10.8 Å². The van der Waals surface area contributed by atoms with Gasteiger partial charge in [-0.25, -0.2) is 4.79 Å². The minimum atomic E-state index is -0.386. The van der Waals surface area contributed by atoms with Crippen LogP contribution in [-0.2, 0) is 4.74 Å². The smallest absolute Gasteiger partial charge is 0.348 e. The molecule has 0 fully saturated rings. The summed E-state index contributed by atoms with van der Waals surface area (Å²) in [6.45, 7) is 5.27. The van der Waals surface area contributed by atoms with Crippen molar-refractivity contribution >= 4 is 35.7 Å². The average Bonchev–Trinajstić information content (AvgIpc) is 2.42. The van der Waals surface area contributed by atoms with Crippen molar-refractivity contribution in [2.45, 2.75) is 25.0 Å². The quantitative estimate of drug-likeness (QED) is 0.505. The van der Waals surface area contributed by atoms with Gasteiger partial charge in [0.1, 0.15) is 4.88 Å². The molecule has 1 heterocycles. The van der Waals surface area contributed by atoms with Crippen LogP contribution in [0.5, 0.6) is 0 Å². The van der Waals surface area contributed by atoms with E-state index in [1.54, 1.807) is 13.8 Å². The number of ketones is 1. The molecular weight excluding hydrogens is 232 g/mol. The monoisotopic (exact) mass is 244 g/mol. The lowest BCUT2D eigenvalue weighted by atomic mass is 10.1. The van der Waals surface area contributed by atoms with E-state index in [2.05, 4.69) is 12.6 Å². The number of esters is 1. The van der Waals surface area contributed by atoms with Crippen molar-refractivity contribution in [2.24, 2.45) is 0 Å². The van der Waals surface area contributed by atoms with Crippen molar-refractivity contribution in [3.63, 3.8) is 0 Å². The first-order valence-electron chi connectivity index (χ1n) is 4.49. The second kappa shape index (κ2) is 4.81. The molecule has 1 rings (SSSR count). The van der Waals surface area contributed by atoms with Crippen LogP contribution in [0.2, 0.25) is 0 Å². The van der Waals surface area contributed by atoms with Crippen LogP contribution in [0, 0.1) is 6.92 Å². The van der Waals surface area contributed by atoms with E-state index in [1.165, 1.54) is 18.3 Å². The number of rotatable bonds is 3. The van der Waals surface area contributed by atoms with Crippen molar-refractivity contribution in [3.8, 4) is 0 Å². The van der Waals surface area contributed by atoms with Crippen molar-refractivity contribution in [1.82, 2.24) is 0 Å². The molecule has 3 nitrogen and oxygen atoms in total. The SMILES string of the molecule is CCOC(=O)c1sc(S)c(C(C)=O)c1C. The minimum Gasteiger partial charge on any atom is -0.462 e. The van der Waals surface area contributed by atoms with Crippen LogP contribution >= 0.6 is 24.0 Å². The van der Waals surface area contributed by atoms with Crippen LogP contribution < -0.4 is 0 Å². The van der Waals surface area contributed by atoms with Crippen molar-refractivity contribution in [2.75, 3.05) is 6.61 Å². The zero-order valence-corrected chi connectivity index (χ0v) is 10.5. The zero-order valence-electron chi connectivity index (χ0n) is 8.79. The normalized spacial score (nSPS) is 10.1. The van der Waals surface area contributed by atoms with Gasteiger partial charge in [-0.05, 0) is 26.3 Å². The molecule has 0 atom stereocenters. The molecule has 0 aliphatic heterocycles. The van der Waals surface area contributed by atoms with Crippen molar-refractivity contribution in [3.05, 3.63) is 16.0 Å². The third-order valence-electron chi connectivity index (χ3n) is 1.94. The highest BCUT2D eigenvalue weighted by Gasteiger charge is 2.21. The van der Waals surface area contributed by atoms with Gasteiger partial charge >= 0.3 is 5.97 Å². The Morgan fingerprint density at radius 2 is 2.07 bits per heavy atom. The van der Waals surface area contributed by atoms with Gasteiger partial charge in [-0.2, -0.15) is 0 Å². The summed E-state index contributed by atoms with van der Waals surface area (Å²) < 4.78 is 5.46. The largest absolute Gasteiger partial charge is 0.462 e. The minimum absolute atomic E-state index is 0.0794. The van der Waals surface area contributed by atoms with Crippen molar-refractivity contribution < 1.29 is 14.3 Å². The number of hydrogen-bond acceptors (Lipinski definition) is 5. The fraction of sp³-hybridized carbons (Fsp3) is 0.400. The number of hydrogen-bond donors (Lipinski definition) is 1. The summed E-state index contributed by atoms with van der Waals surface area (Å²) in [5.74, 6) is -0.466. The molecule has 0 bridgehead atoms. The Morgan fingerprint density at radius 3 is 2.47 bits per heavy atom. The molecule has 0 N–H and O–H groups in total. The van der Waals surface area contributed by atoms with Gasteiger partial charge in [0, 0.05) is 5.56 Å². The maximum atomic E-state index is 11.5. The summed E-state index contributed by atoms with van der Waals surface area (Å²) in [7, 11) is 0. The highest BCUT2D eigenvalue weighted by Crippen LogP contribution is 2.31. The summed E-state index contributed by atoms with van der Waals surface area (Å²) >= 11 is 5.37. The lowest BCUT2D eigenvalue weighted by molar-refractivity contribution is 0.0531. The van der Waals surface area contributed by atoms with Gasteiger partial charge in [-0.15, -0.1) is 24.0 Å². The first-order chi connectivity index (χ1) is 6.99. The first kappa shape index (κ1) is 12.3. The Labute approximate surface area is 97.9 Å². The van der Waals surface area contributed by atoms with E-state index in [0.29, 0.717) is 26.8 Å². The second-order valence-corrected chi connectivity index (χ2v) is 4.78. The number of carbonyl (C=O) groups excluding carboxylic acids is 2. The van der Waals surface area contributed by atoms with E-state index in [4.69, 9.17) is 4.74 Å². The molecule has 0 aliphatic carbocycles. The summed E-state index contributed by atoms with van der Waals surface area (Å²) in [5, 5.41) is 0. The number of ether oxygens (including phenoxy) is 1. The third-order valence-corrected chi connectivity index (χ3v) is 3.51. The highest BCUT2D eigenvalue weighted by atomic mass is 32.2. The molecular formula is C10H12O3S2. The molecule has 0 radical (unpaired) electrons. The van der Waals surface area contributed by atoms with Gasteiger partial charge in [0.2, 0.25) is 0 Å². The zero-order chi connectivity index (χ0) is 11.6. The Hall–Kier alpha value is -0.810. The van der Waals surface area contributed by atoms with E-state index in [9.17, 15) is 9.59 Å². The molecule has 15 heavy (non-hydrogen) atoms. The Balaban J connectivity index is 3.17. The molecule has 0 unspecified atom stereocenters. The van der Waals surface area contributed by atoms with E-state index >= 15 is 0 Å². The Kier molecular flexibility index (Phi) is 3.93. The van der Waals surface area contributed by atoms with Crippen LogP contribution in [0.4, 0.5) is 0 Å². The summed E-state index contributed by atoms with van der Waals surface area (Å²) in [6.07, 6.45) is 0. The second-order valence-electron chi connectivity index (χ2n) is 3.01. The molecule has 0 spiro atoms. The molecule has 1 aromatic rings. The fourth-order valence-corrected chi connectivity index (χ4v) is 2.89. The molecule has 0 saturated heterocycles. The average molecular weight is 244 g/mol. The van der Waals surface area contributed by atoms with E-state index < -0.39 is 0 Å². The lowest BCUT2D eigenvalue weighted by Crippen LogP contribution is -2.04. The Bertz CT molecular complexity index is 407. The molecule has 0 saturated carbocycles. The Morgan fingerprint density at radius 1 is 1.47 bits per heavy atom. The lowest BCUT2D eigenvalue weighted by Gasteiger charge is -2.00. The standard InChI is InChI=1S/C10H12O3S2/c1-4-13-9(12)8-5(2)7(6(3)11)10(14)15-8/h14H,4H2,1-3H3. The van der Waals surface area contributed by atoms with Gasteiger partial charge in [0.15, 0.2) is 5.78 Å². The predicted molar refractivity (Wildman–Crippen MR) is 62.3 cm³/mol. The summed E-state index contributed by atoms with van der Waals surface area (Å²) in [5.41, 5.74) is 1.18. The fourth-order valence-electron chi connectivity index (χ4n) is 1.30. The van der Waals surface area contributed by atoms with Gasteiger partial charge in [-0.3, -0.25) is 4.79 Å². The van der Waals surface area contributed by atoms with Gasteiger partial charge in [0.25, 0.3) is 0 Å². The highest BCUT2D eigenvalue weighted by molar-refractivity contribution is 7.83. The van der Waals surface area contributed by atoms with Gasteiger partial charge < -0.3 is 4.74 Å². The molecule has 0 aliphatic rings. The predicted octanol–water partition coefficient (Wildman–Crippen LogP) is 2.72. The maximum absolute atomic E-state index is 11.5. The summed E-state index contributed by atoms with van der Waals surface area (Å²) in [4.78, 5) is 23.2. The van der Waals surface area contributed by atoms with Gasteiger partial charge in [-0.1, -0.05) is 0 Å². The maximum Gasteiger partial charge on any atom is 0.348 e. The molecule has 0 aromatic carbocycles. The van der Waals surface area contributed by atoms with E-state index in [1.807, 2.05) is 0 Å². The number of carbonyl (C=O) groups is 2. The van der Waals surface area contributed by atoms with Crippen LogP contribution in [0.3, 0.4) is 0 Å². The van der Waals surface area contributed by atoms with Crippen LogP contribution in [0.1, 0.15) is 39.4 Å². The first-order valence-corrected chi connectivity index (χ1v) is 5.75. The molecule has 5 heteroatoms. The van der Waals surface area contributed by atoms with E-state index in [-0.39, 0.29) is 11.8 Å². The number of thiol groups is 1. The molecule has 82 valence electrons. The molecule has 1 aromatic heterocycles. The number of Topliss-reactive ketones (excluding diaryl/α,β-unsaturated/α-hetero) is 1. The summed E-state index contributed by atoms with van der Waals surface area (Å²) in [6, 6.07) is 0. The topological polar surface area (TPSA) is 43.4 Å². The van der Waals surface area contributed by atoms with Crippen LogP contribution in [0.25, 0.3) is 0 Å². The molecule has 0 amide bonds. The van der Waals surface area contributed by atoms with E-state index in [0.717, 1.165) is 0 Å².